The van der Waals surface area contributed by atoms with Crippen LogP contribution in [-0.4, -0.2) is 0 Å². The van der Waals surface area contributed by atoms with Gasteiger partial charge in [0.2, 0.25) is 0 Å². The number of allylic oxidation sites excluding steroid dienone is 2. The van der Waals surface area contributed by atoms with Crippen LogP contribution < -0.4 is 0 Å². The summed E-state index contributed by atoms with van der Waals surface area (Å²) in [5.74, 6) is 0.918. The quantitative estimate of drug-likeness (QED) is 0.506. The van der Waals surface area contributed by atoms with Crippen LogP contribution in [0.25, 0.3) is 0 Å². The molecule has 0 aromatic heterocycles. The molecule has 1 atom stereocenters. The Morgan fingerprint density at radius 2 is 2.38 bits per heavy atom. The van der Waals surface area contributed by atoms with Crippen molar-refractivity contribution in [2.24, 2.45) is 5.92 Å². The van der Waals surface area contributed by atoms with Crippen molar-refractivity contribution in [3.8, 4) is 0 Å². The molecule has 0 saturated heterocycles. The molecule has 0 nitrogen and oxygen atoms in total. The van der Waals surface area contributed by atoms with E-state index in [9.17, 15) is 0 Å². The van der Waals surface area contributed by atoms with E-state index >= 15 is 0 Å². The van der Waals surface area contributed by atoms with Crippen molar-refractivity contribution in [2.45, 2.75) is 26.2 Å². The number of rotatable bonds is 0. The predicted octanol–water partition coefficient (Wildman–Crippen LogP) is 2.16. The van der Waals surface area contributed by atoms with Gasteiger partial charge < -0.3 is 6.08 Å². The molecule has 0 aromatic rings. The van der Waals surface area contributed by atoms with E-state index in [2.05, 4.69) is 19.1 Å². The molecular formula is C7H11Y-. The van der Waals surface area contributed by atoms with Gasteiger partial charge in [-0.15, -0.1) is 0 Å². The SMILES string of the molecule is CC1CC=[C-]CC1.[Y]. The standard InChI is InChI=1S/C7H11.Y/c1-7-5-3-2-4-6-7;/h3,7H,4-6H2,1H3;/q-1;. The maximum absolute atomic E-state index is 3.19. The van der Waals surface area contributed by atoms with Gasteiger partial charge in [0.1, 0.15) is 0 Å². The van der Waals surface area contributed by atoms with Crippen molar-refractivity contribution in [1.29, 1.82) is 0 Å². The van der Waals surface area contributed by atoms with Crippen LogP contribution in [0.3, 0.4) is 0 Å². The van der Waals surface area contributed by atoms with E-state index in [4.69, 9.17) is 0 Å². The van der Waals surface area contributed by atoms with Crippen molar-refractivity contribution in [1.82, 2.24) is 0 Å². The van der Waals surface area contributed by atoms with E-state index in [1.54, 1.807) is 0 Å². The third-order valence-electron chi connectivity index (χ3n) is 1.45. The second-order valence-corrected chi connectivity index (χ2v) is 2.29. The largest absolute Gasteiger partial charge is 0.501 e. The minimum Gasteiger partial charge on any atom is -0.501 e. The zero-order valence-corrected chi connectivity index (χ0v) is 8.19. The molecule has 0 spiro atoms. The summed E-state index contributed by atoms with van der Waals surface area (Å²) in [5, 5.41) is 0. The van der Waals surface area contributed by atoms with Crippen LogP contribution in [0.2, 0.25) is 0 Å². The van der Waals surface area contributed by atoms with E-state index in [0.717, 1.165) is 5.92 Å². The number of hydrogen-bond acceptors (Lipinski definition) is 0. The Hall–Kier alpha value is 0.844. The summed E-state index contributed by atoms with van der Waals surface area (Å²) in [6, 6.07) is 0. The summed E-state index contributed by atoms with van der Waals surface area (Å²) in [5.41, 5.74) is 0. The van der Waals surface area contributed by atoms with Crippen LogP contribution in [0.15, 0.2) is 6.08 Å². The molecule has 8 heavy (non-hydrogen) atoms. The van der Waals surface area contributed by atoms with Crippen LogP contribution in [-0.2, 0) is 32.7 Å². The molecule has 0 bridgehead atoms. The summed E-state index contributed by atoms with van der Waals surface area (Å²) in [6.07, 6.45) is 9.13. The monoisotopic (exact) mass is 184 g/mol. The fraction of sp³-hybridized carbons (Fsp3) is 0.714. The Morgan fingerprint density at radius 1 is 1.62 bits per heavy atom. The fourth-order valence-corrected chi connectivity index (χ4v) is 0.834. The van der Waals surface area contributed by atoms with E-state index in [0.29, 0.717) is 0 Å². The molecule has 43 valence electrons. The van der Waals surface area contributed by atoms with Crippen LogP contribution in [0.4, 0.5) is 0 Å². The molecule has 1 heteroatoms. The summed E-state index contributed by atoms with van der Waals surface area (Å²) < 4.78 is 0. The van der Waals surface area contributed by atoms with Gasteiger partial charge in [0.05, 0.1) is 0 Å². The molecule has 1 aliphatic carbocycles. The first kappa shape index (κ1) is 8.84. The first-order valence-electron chi connectivity index (χ1n) is 2.94. The molecule has 0 saturated carbocycles. The van der Waals surface area contributed by atoms with Gasteiger partial charge in [-0.25, -0.2) is 0 Å². The van der Waals surface area contributed by atoms with Crippen molar-refractivity contribution >= 4 is 0 Å². The molecule has 0 amide bonds. The Kier molecular flexibility index (Phi) is 5.19. The molecule has 0 aliphatic heterocycles. The van der Waals surface area contributed by atoms with Gasteiger partial charge in [-0.05, 0) is 5.92 Å². The normalized spacial score (nSPS) is 26.9. The van der Waals surface area contributed by atoms with Gasteiger partial charge in [-0.3, -0.25) is 6.08 Å². The van der Waals surface area contributed by atoms with E-state index in [1.165, 1.54) is 19.3 Å². The molecule has 1 aliphatic rings. The third-order valence-corrected chi connectivity index (χ3v) is 1.45. The first-order chi connectivity index (χ1) is 3.39. The molecule has 1 unspecified atom stereocenters. The average molecular weight is 184 g/mol. The topological polar surface area (TPSA) is 0 Å². The van der Waals surface area contributed by atoms with Crippen LogP contribution in [0.1, 0.15) is 26.2 Å². The molecule has 0 aromatic carbocycles. The summed E-state index contributed by atoms with van der Waals surface area (Å²) in [4.78, 5) is 0. The summed E-state index contributed by atoms with van der Waals surface area (Å²) >= 11 is 0. The second-order valence-electron chi connectivity index (χ2n) is 2.29. The molecule has 0 fully saturated rings. The fourth-order valence-electron chi connectivity index (χ4n) is 0.834. The predicted molar refractivity (Wildman–Crippen MR) is 30.8 cm³/mol. The average Bonchev–Trinajstić information content (AvgIpc) is 1.69. The number of hydrogen-bond donors (Lipinski definition) is 0. The van der Waals surface area contributed by atoms with E-state index in [1.807, 2.05) is 0 Å². The zero-order valence-electron chi connectivity index (χ0n) is 5.35. The van der Waals surface area contributed by atoms with Crippen molar-refractivity contribution in [3.05, 3.63) is 12.2 Å². The smallest absolute Gasteiger partial charge is 0 e. The molecular weight excluding hydrogens is 173 g/mol. The van der Waals surface area contributed by atoms with Crippen LogP contribution >= 0.6 is 0 Å². The minimum atomic E-state index is 0. The van der Waals surface area contributed by atoms with Gasteiger partial charge in [0.15, 0.2) is 0 Å². The van der Waals surface area contributed by atoms with Gasteiger partial charge >= 0.3 is 0 Å². The van der Waals surface area contributed by atoms with Gasteiger partial charge in [0.25, 0.3) is 0 Å². The summed E-state index contributed by atoms with van der Waals surface area (Å²) in [6.45, 7) is 2.29. The van der Waals surface area contributed by atoms with Gasteiger partial charge in [-0.2, -0.15) is 6.42 Å². The molecule has 0 heterocycles. The maximum Gasteiger partial charge on any atom is 0 e. The van der Waals surface area contributed by atoms with Crippen molar-refractivity contribution in [2.75, 3.05) is 0 Å². The van der Waals surface area contributed by atoms with E-state index in [-0.39, 0.29) is 32.7 Å². The Labute approximate surface area is 76.6 Å². The van der Waals surface area contributed by atoms with E-state index < -0.39 is 0 Å². The molecule has 0 N–H and O–H groups in total. The van der Waals surface area contributed by atoms with Gasteiger partial charge in [0, 0.05) is 32.7 Å². The Balaban J connectivity index is 0.000000490. The maximum atomic E-state index is 3.19. The molecule has 1 radical (unpaired) electrons. The zero-order chi connectivity index (χ0) is 5.11. The minimum absolute atomic E-state index is 0. The Bertz CT molecular complexity index is 76.5. The second kappa shape index (κ2) is 4.70. The Morgan fingerprint density at radius 3 is 2.62 bits per heavy atom. The van der Waals surface area contributed by atoms with Crippen molar-refractivity contribution in [3.63, 3.8) is 0 Å². The third kappa shape index (κ3) is 2.99. The van der Waals surface area contributed by atoms with Crippen LogP contribution in [0, 0.1) is 12.0 Å². The summed E-state index contributed by atoms with van der Waals surface area (Å²) in [7, 11) is 0. The van der Waals surface area contributed by atoms with Crippen LogP contribution in [0.5, 0.6) is 0 Å². The molecule has 1 rings (SSSR count). The van der Waals surface area contributed by atoms with Crippen molar-refractivity contribution < 1.29 is 32.7 Å². The van der Waals surface area contributed by atoms with Gasteiger partial charge in [-0.1, -0.05) is 19.8 Å². The first-order valence-corrected chi connectivity index (χ1v) is 2.94.